The molecule has 0 bridgehead atoms. The summed E-state index contributed by atoms with van der Waals surface area (Å²) in [5.41, 5.74) is 2.31. The molecule has 0 saturated carbocycles. The van der Waals surface area contributed by atoms with Gasteiger partial charge in [0.25, 0.3) is 0 Å². The molecule has 0 aromatic heterocycles. The molecule has 1 aliphatic heterocycles. The molecule has 112 valence electrons. The van der Waals surface area contributed by atoms with Crippen molar-refractivity contribution in [2.75, 3.05) is 0 Å². The normalized spacial score (nSPS) is 20.5. The minimum Gasteiger partial charge on any atom is -0.207 e. The predicted molar refractivity (Wildman–Crippen MR) is 87.2 cm³/mol. The van der Waals surface area contributed by atoms with E-state index in [-0.39, 0.29) is 10.9 Å². The van der Waals surface area contributed by atoms with Crippen LogP contribution in [0.15, 0.2) is 60.1 Å². The quantitative estimate of drug-likeness (QED) is 0.799. The SMILES string of the molecule is C=C/C(=C\C=C/C)S(=O)(=O)N1Cc2ccccc2CC1C. The van der Waals surface area contributed by atoms with Crippen LogP contribution in [-0.2, 0) is 23.0 Å². The van der Waals surface area contributed by atoms with E-state index in [0.29, 0.717) is 6.54 Å². The second kappa shape index (κ2) is 6.41. The van der Waals surface area contributed by atoms with Gasteiger partial charge in [-0.15, -0.1) is 0 Å². The van der Waals surface area contributed by atoms with Crippen LogP contribution in [0.5, 0.6) is 0 Å². The van der Waals surface area contributed by atoms with Gasteiger partial charge in [-0.3, -0.25) is 0 Å². The third-order valence-corrected chi connectivity index (χ3v) is 5.72. The maximum Gasteiger partial charge on any atom is 0.243 e. The average Bonchev–Trinajstić information content (AvgIpc) is 2.47. The number of hydrogen-bond donors (Lipinski definition) is 0. The van der Waals surface area contributed by atoms with Gasteiger partial charge in [0.1, 0.15) is 0 Å². The molecule has 1 atom stereocenters. The molecular formula is C17H21NO2S. The maximum atomic E-state index is 12.8. The van der Waals surface area contributed by atoms with E-state index < -0.39 is 10.0 Å². The number of hydrogen-bond acceptors (Lipinski definition) is 2. The smallest absolute Gasteiger partial charge is 0.207 e. The molecule has 1 aromatic carbocycles. The third-order valence-electron chi connectivity index (χ3n) is 3.71. The van der Waals surface area contributed by atoms with E-state index >= 15 is 0 Å². The lowest BCUT2D eigenvalue weighted by atomic mass is 9.97. The highest BCUT2D eigenvalue weighted by Gasteiger charge is 2.33. The largest absolute Gasteiger partial charge is 0.243 e. The zero-order valence-corrected chi connectivity index (χ0v) is 13.3. The Hall–Kier alpha value is -1.65. The summed E-state index contributed by atoms with van der Waals surface area (Å²) in [4.78, 5) is 0.242. The highest BCUT2D eigenvalue weighted by atomic mass is 32.2. The molecule has 1 unspecified atom stereocenters. The molecule has 0 N–H and O–H groups in total. The first-order valence-electron chi connectivity index (χ1n) is 7.04. The van der Waals surface area contributed by atoms with Crippen molar-refractivity contribution in [3.8, 4) is 0 Å². The Morgan fingerprint density at radius 1 is 1.33 bits per heavy atom. The molecule has 0 aliphatic carbocycles. The summed E-state index contributed by atoms with van der Waals surface area (Å²) in [6, 6.07) is 7.95. The van der Waals surface area contributed by atoms with Gasteiger partial charge in [-0.25, -0.2) is 8.42 Å². The van der Waals surface area contributed by atoms with Crippen molar-refractivity contribution in [1.82, 2.24) is 4.31 Å². The van der Waals surface area contributed by atoms with E-state index in [1.54, 1.807) is 22.5 Å². The lowest BCUT2D eigenvalue weighted by Gasteiger charge is -2.34. The summed E-state index contributed by atoms with van der Waals surface area (Å²) in [5, 5.41) is 0. The van der Waals surface area contributed by atoms with Crippen molar-refractivity contribution in [2.24, 2.45) is 0 Å². The number of fused-ring (bicyclic) bond motifs is 1. The van der Waals surface area contributed by atoms with E-state index in [1.165, 1.54) is 11.6 Å². The summed E-state index contributed by atoms with van der Waals surface area (Å²) in [6.45, 7) is 7.85. The molecule has 4 heteroatoms. The van der Waals surface area contributed by atoms with Crippen molar-refractivity contribution in [3.63, 3.8) is 0 Å². The predicted octanol–water partition coefficient (Wildman–Crippen LogP) is 3.41. The Labute approximate surface area is 127 Å². The van der Waals surface area contributed by atoms with Crippen molar-refractivity contribution >= 4 is 10.0 Å². The second-order valence-corrected chi connectivity index (χ2v) is 7.06. The van der Waals surface area contributed by atoms with Crippen LogP contribution in [0, 0.1) is 0 Å². The fourth-order valence-corrected chi connectivity index (χ4v) is 4.15. The van der Waals surface area contributed by atoms with Crippen LogP contribution in [0.4, 0.5) is 0 Å². The Morgan fingerprint density at radius 2 is 2.00 bits per heavy atom. The molecule has 0 amide bonds. The van der Waals surface area contributed by atoms with E-state index in [9.17, 15) is 8.42 Å². The van der Waals surface area contributed by atoms with E-state index in [1.807, 2.05) is 32.0 Å². The standard InChI is InChI=1S/C17H21NO2S/c1-4-6-11-17(5-2)21(19,20)18-13-16-10-8-7-9-15(16)12-14(18)3/h4-11,14H,2,12-13H2,1,3H3/b6-4-,17-11+. The van der Waals surface area contributed by atoms with Crippen molar-refractivity contribution in [2.45, 2.75) is 32.9 Å². The van der Waals surface area contributed by atoms with Crippen LogP contribution in [0.1, 0.15) is 25.0 Å². The molecule has 1 aliphatic rings. The van der Waals surface area contributed by atoms with Gasteiger partial charge in [-0.2, -0.15) is 4.31 Å². The topological polar surface area (TPSA) is 37.4 Å². The van der Waals surface area contributed by atoms with Crippen molar-refractivity contribution in [1.29, 1.82) is 0 Å². The first-order chi connectivity index (χ1) is 10.0. The highest BCUT2D eigenvalue weighted by molar-refractivity contribution is 7.93. The lowest BCUT2D eigenvalue weighted by molar-refractivity contribution is 0.312. The number of benzene rings is 1. The van der Waals surface area contributed by atoms with Gasteiger partial charge in [-0.05, 0) is 43.5 Å². The van der Waals surface area contributed by atoms with Gasteiger partial charge in [0.15, 0.2) is 0 Å². The molecule has 0 fully saturated rings. The van der Waals surface area contributed by atoms with Crippen molar-refractivity contribution in [3.05, 3.63) is 71.2 Å². The summed E-state index contributed by atoms with van der Waals surface area (Å²) >= 11 is 0. The van der Waals surface area contributed by atoms with E-state index in [2.05, 4.69) is 12.6 Å². The first kappa shape index (κ1) is 15.7. The summed E-state index contributed by atoms with van der Waals surface area (Å²) in [6.07, 6.45) is 7.26. The number of sulfonamides is 1. The average molecular weight is 303 g/mol. The zero-order valence-electron chi connectivity index (χ0n) is 12.5. The summed E-state index contributed by atoms with van der Waals surface area (Å²) < 4.78 is 27.2. The van der Waals surface area contributed by atoms with Gasteiger partial charge >= 0.3 is 0 Å². The highest BCUT2D eigenvalue weighted by Crippen LogP contribution is 2.28. The van der Waals surface area contributed by atoms with Crippen molar-refractivity contribution < 1.29 is 8.42 Å². The lowest BCUT2D eigenvalue weighted by Crippen LogP contribution is -2.42. The van der Waals surface area contributed by atoms with Crippen LogP contribution < -0.4 is 0 Å². The molecule has 0 radical (unpaired) electrons. The maximum absolute atomic E-state index is 12.8. The Morgan fingerprint density at radius 3 is 2.62 bits per heavy atom. The van der Waals surface area contributed by atoms with Gasteiger partial charge in [0.05, 0.1) is 4.91 Å². The second-order valence-electron chi connectivity index (χ2n) is 5.17. The monoisotopic (exact) mass is 303 g/mol. The Balaban J connectivity index is 2.39. The molecule has 21 heavy (non-hydrogen) atoms. The third kappa shape index (κ3) is 3.17. The zero-order chi connectivity index (χ0) is 15.5. The molecule has 2 rings (SSSR count). The molecular weight excluding hydrogens is 282 g/mol. The fourth-order valence-electron chi connectivity index (χ4n) is 2.56. The van der Waals surface area contributed by atoms with Crippen LogP contribution in [0.3, 0.4) is 0 Å². The number of rotatable bonds is 4. The van der Waals surface area contributed by atoms with E-state index in [4.69, 9.17) is 0 Å². The van der Waals surface area contributed by atoms with Gasteiger partial charge < -0.3 is 0 Å². The van der Waals surface area contributed by atoms with Gasteiger partial charge in [-0.1, -0.05) is 43.0 Å². The minimum absolute atomic E-state index is 0.0566. The Kier molecular flexibility index (Phi) is 4.80. The fraction of sp³-hybridized carbons (Fsp3) is 0.294. The molecule has 0 saturated heterocycles. The minimum atomic E-state index is -3.51. The van der Waals surface area contributed by atoms with E-state index in [0.717, 1.165) is 12.0 Å². The molecule has 1 heterocycles. The molecule has 3 nitrogen and oxygen atoms in total. The van der Waals surface area contributed by atoms with Gasteiger partial charge in [0.2, 0.25) is 10.0 Å². The van der Waals surface area contributed by atoms with Gasteiger partial charge in [0, 0.05) is 12.6 Å². The first-order valence-corrected chi connectivity index (χ1v) is 8.48. The van der Waals surface area contributed by atoms with Crippen LogP contribution in [0.25, 0.3) is 0 Å². The molecule has 0 spiro atoms. The van der Waals surface area contributed by atoms with Crippen LogP contribution in [0.2, 0.25) is 0 Å². The molecule has 1 aromatic rings. The van der Waals surface area contributed by atoms with Crippen LogP contribution >= 0.6 is 0 Å². The summed E-state index contributed by atoms with van der Waals surface area (Å²) in [5.74, 6) is 0. The Bertz CT molecular complexity index is 686. The number of allylic oxidation sites excluding steroid dienone is 4. The number of nitrogens with zero attached hydrogens (tertiary/aromatic N) is 1. The summed E-state index contributed by atoms with van der Waals surface area (Å²) in [7, 11) is -3.51. The van der Waals surface area contributed by atoms with Crippen LogP contribution in [-0.4, -0.2) is 18.8 Å².